The molecule has 7 nitrogen and oxygen atoms in total. The Morgan fingerprint density at radius 2 is 1.84 bits per heavy atom. The molecule has 0 saturated heterocycles. The minimum absolute atomic E-state index is 0.490. The third kappa shape index (κ3) is 3.10. The predicted octanol–water partition coefficient (Wildman–Crippen LogP) is 4.28. The SMILES string of the molecule is COc1ccc(-n2/c(=N\C#N)n(C)c3cnc4ccc(-c5cccc(C)c5)cc4c32)cn1. The van der Waals surface area contributed by atoms with Crippen molar-refractivity contribution in [3.63, 3.8) is 0 Å². The first-order valence-corrected chi connectivity index (χ1v) is 10.1. The van der Waals surface area contributed by atoms with E-state index in [9.17, 15) is 5.26 Å². The van der Waals surface area contributed by atoms with E-state index in [1.54, 1.807) is 19.4 Å². The van der Waals surface area contributed by atoms with Crippen LogP contribution in [0.1, 0.15) is 5.56 Å². The average Bonchev–Trinajstić information content (AvgIpc) is 3.11. The fraction of sp³-hybridized carbons (Fsp3) is 0.120. The Labute approximate surface area is 184 Å². The van der Waals surface area contributed by atoms with Gasteiger partial charge in [0.15, 0.2) is 0 Å². The number of methoxy groups -OCH3 is 1. The quantitative estimate of drug-likeness (QED) is 0.408. The van der Waals surface area contributed by atoms with E-state index in [1.165, 1.54) is 5.56 Å². The van der Waals surface area contributed by atoms with Gasteiger partial charge in [-0.05, 0) is 36.2 Å². The Hall–Kier alpha value is -4.44. The summed E-state index contributed by atoms with van der Waals surface area (Å²) in [6.07, 6.45) is 5.45. The van der Waals surface area contributed by atoms with Crippen molar-refractivity contribution in [3.05, 3.63) is 78.2 Å². The number of nitriles is 1. The highest BCUT2D eigenvalue weighted by Gasteiger charge is 2.16. The molecule has 0 spiro atoms. The number of aromatic nitrogens is 4. The Bertz CT molecular complexity index is 1590. The van der Waals surface area contributed by atoms with E-state index < -0.39 is 0 Å². The summed E-state index contributed by atoms with van der Waals surface area (Å²) in [7, 11) is 3.46. The molecule has 0 aliphatic heterocycles. The van der Waals surface area contributed by atoms with Gasteiger partial charge in [-0.3, -0.25) is 9.55 Å². The van der Waals surface area contributed by atoms with E-state index in [-0.39, 0.29) is 0 Å². The first kappa shape index (κ1) is 19.5. The smallest absolute Gasteiger partial charge is 0.226 e. The van der Waals surface area contributed by atoms with Crippen molar-refractivity contribution >= 4 is 21.9 Å². The van der Waals surface area contributed by atoms with Crippen molar-refractivity contribution in [1.82, 2.24) is 19.1 Å². The van der Waals surface area contributed by atoms with Gasteiger partial charge < -0.3 is 9.30 Å². The lowest BCUT2D eigenvalue weighted by atomic mass is 10.0. The third-order valence-corrected chi connectivity index (χ3v) is 5.59. The van der Waals surface area contributed by atoms with Gasteiger partial charge in [0.2, 0.25) is 17.7 Å². The maximum Gasteiger partial charge on any atom is 0.226 e. The summed E-state index contributed by atoms with van der Waals surface area (Å²) in [4.78, 5) is 13.1. The molecule has 3 aromatic heterocycles. The lowest BCUT2D eigenvalue weighted by Crippen LogP contribution is -2.22. The minimum Gasteiger partial charge on any atom is -0.481 e. The number of rotatable bonds is 3. The van der Waals surface area contributed by atoms with E-state index in [0.717, 1.165) is 38.8 Å². The second-order valence-corrected chi connectivity index (χ2v) is 7.56. The molecule has 3 heterocycles. The lowest BCUT2D eigenvalue weighted by Gasteiger charge is -2.09. The minimum atomic E-state index is 0.490. The van der Waals surface area contributed by atoms with Crippen LogP contribution < -0.4 is 10.4 Å². The normalized spacial score (nSPS) is 11.8. The zero-order valence-electron chi connectivity index (χ0n) is 17.9. The molecule has 0 bridgehead atoms. The molecule has 2 aromatic carbocycles. The maximum atomic E-state index is 9.36. The Morgan fingerprint density at radius 1 is 1.00 bits per heavy atom. The molecule has 5 rings (SSSR count). The number of aryl methyl sites for hydroxylation is 2. The van der Waals surface area contributed by atoms with Crippen molar-refractivity contribution < 1.29 is 4.74 Å². The molecule has 0 atom stereocenters. The van der Waals surface area contributed by atoms with Crippen molar-refractivity contribution in [3.8, 4) is 28.9 Å². The number of nitrogens with zero attached hydrogens (tertiary/aromatic N) is 6. The van der Waals surface area contributed by atoms with Gasteiger partial charge in [-0.1, -0.05) is 35.9 Å². The van der Waals surface area contributed by atoms with Crippen molar-refractivity contribution in [1.29, 1.82) is 5.26 Å². The van der Waals surface area contributed by atoms with Gasteiger partial charge >= 0.3 is 0 Å². The summed E-state index contributed by atoms with van der Waals surface area (Å²) in [6, 6.07) is 18.4. The topological polar surface area (TPSA) is 81.0 Å². The fourth-order valence-corrected chi connectivity index (χ4v) is 4.05. The van der Waals surface area contributed by atoms with Crippen LogP contribution in [0.3, 0.4) is 0 Å². The monoisotopic (exact) mass is 420 g/mol. The van der Waals surface area contributed by atoms with E-state index in [4.69, 9.17) is 4.74 Å². The highest BCUT2D eigenvalue weighted by Crippen LogP contribution is 2.30. The number of fused-ring (bicyclic) bond motifs is 3. The number of ether oxygens (including phenoxy) is 1. The van der Waals surface area contributed by atoms with Crippen molar-refractivity contribution in [2.45, 2.75) is 6.92 Å². The Kier molecular flexibility index (Phi) is 4.68. The summed E-state index contributed by atoms with van der Waals surface area (Å²) in [5, 5.41) is 10.3. The summed E-state index contributed by atoms with van der Waals surface area (Å²) in [5.74, 6) is 0.515. The average molecular weight is 420 g/mol. The van der Waals surface area contributed by atoms with Gasteiger partial charge in [0, 0.05) is 18.5 Å². The van der Waals surface area contributed by atoms with Crippen LogP contribution in [-0.4, -0.2) is 26.2 Å². The summed E-state index contributed by atoms with van der Waals surface area (Å²) < 4.78 is 9.02. The number of benzene rings is 2. The van der Waals surface area contributed by atoms with E-state index in [0.29, 0.717) is 11.5 Å². The Balaban J connectivity index is 1.89. The molecular weight excluding hydrogens is 400 g/mol. The summed E-state index contributed by atoms with van der Waals surface area (Å²) in [6.45, 7) is 2.09. The van der Waals surface area contributed by atoms with Gasteiger partial charge in [0.25, 0.3) is 0 Å². The number of imidazole rings is 1. The molecule has 0 amide bonds. The van der Waals surface area contributed by atoms with Gasteiger partial charge in [-0.25, -0.2) is 4.98 Å². The maximum absolute atomic E-state index is 9.36. The van der Waals surface area contributed by atoms with Crippen molar-refractivity contribution in [2.24, 2.45) is 12.0 Å². The molecule has 0 unspecified atom stereocenters. The number of hydrogen-bond donors (Lipinski definition) is 0. The van der Waals surface area contributed by atoms with Crippen LogP contribution in [0.4, 0.5) is 0 Å². The van der Waals surface area contributed by atoms with Crippen LogP contribution in [0, 0.1) is 18.4 Å². The summed E-state index contributed by atoms with van der Waals surface area (Å²) in [5.41, 5.74) is 7.34. The van der Waals surface area contributed by atoms with Crippen LogP contribution in [0.5, 0.6) is 5.88 Å². The molecule has 32 heavy (non-hydrogen) atoms. The molecule has 0 radical (unpaired) electrons. The molecule has 0 fully saturated rings. The van der Waals surface area contributed by atoms with Crippen LogP contribution >= 0.6 is 0 Å². The zero-order chi connectivity index (χ0) is 22.2. The molecule has 7 heteroatoms. The van der Waals surface area contributed by atoms with Crippen LogP contribution in [0.15, 0.2) is 72.0 Å². The third-order valence-electron chi connectivity index (χ3n) is 5.59. The van der Waals surface area contributed by atoms with Crippen molar-refractivity contribution in [2.75, 3.05) is 7.11 Å². The van der Waals surface area contributed by atoms with Gasteiger partial charge in [0.05, 0.1) is 41.7 Å². The molecule has 0 N–H and O–H groups in total. The second kappa shape index (κ2) is 7.67. The molecule has 0 saturated carbocycles. The van der Waals surface area contributed by atoms with E-state index in [2.05, 4.69) is 58.3 Å². The predicted molar refractivity (Wildman–Crippen MR) is 123 cm³/mol. The van der Waals surface area contributed by atoms with Crippen LogP contribution in [0.25, 0.3) is 38.8 Å². The Morgan fingerprint density at radius 3 is 2.56 bits per heavy atom. The molecule has 156 valence electrons. The fourth-order valence-electron chi connectivity index (χ4n) is 4.05. The zero-order valence-corrected chi connectivity index (χ0v) is 17.9. The first-order valence-electron chi connectivity index (χ1n) is 10.1. The highest BCUT2D eigenvalue weighted by molar-refractivity contribution is 6.04. The first-order chi connectivity index (χ1) is 15.6. The lowest BCUT2D eigenvalue weighted by molar-refractivity contribution is 0.398. The highest BCUT2D eigenvalue weighted by atomic mass is 16.5. The molecule has 0 aliphatic rings. The summed E-state index contributed by atoms with van der Waals surface area (Å²) >= 11 is 0. The van der Waals surface area contributed by atoms with Gasteiger partial charge in [0.1, 0.15) is 0 Å². The molecular formula is C25H20N6O. The number of hydrogen-bond acceptors (Lipinski definition) is 5. The van der Waals surface area contributed by atoms with E-state index >= 15 is 0 Å². The molecule has 5 aromatic rings. The van der Waals surface area contributed by atoms with E-state index in [1.807, 2.05) is 40.7 Å². The van der Waals surface area contributed by atoms with Gasteiger partial charge in [-0.2, -0.15) is 5.26 Å². The molecule has 0 aliphatic carbocycles. The van der Waals surface area contributed by atoms with Crippen LogP contribution in [-0.2, 0) is 7.05 Å². The van der Waals surface area contributed by atoms with Crippen LogP contribution in [0.2, 0.25) is 0 Å². The van der Waals surface area contributed by atoms with Gasteiger partial charge in [-0.15, -0.1) is 4.99 Å². The standard InChI is InChI=1S/C25H20N6O/c1-16-5-4-6-17(11-16)18-7-9-21-20(12-18)24-22(14-27-21)30(2)25(29-15-26)31(24)19-8-10-23(32-3)28-13-19/h4-14H,1-3H3/b29-25-. The largest absolute Gasteiger partial charge is 0.481 e. The second-order valence-electron chi connectivity index (χ2n) is 7.56. The number of pyridine rings is 2.